The van der Waals surface area contributed by atoms with Crippen LogP contribution in [0.15, 0.2) is 48.8 Å². The average Bonchev–Trinajstić information content (AvgIpc) is 3.00. The number of aromatic nitrogens is 2. The summed E-state index contributed by atoms with van der Waals surface area (Å²) in [5.41, 5.74) is 1.76. The smallest absolute Gasteiger partial charge is 0.273 e. The van der Waals surface area contributed by atoms with Gasteiger partial charge in [-0.15, -0.1) is 11.3 Å². The van der Waals surface area contributed by atoms with Crippen molar-refractivity contribution in [1.29, 1.82) is 0 Å². The van der Waals surface area contributed by atoms with E-state index in [-0.39, 0.29) is 11.5 Å². The van der Waals surface area contributed by atoms with Crippen LogP contribution in [0.1, 0.15) is 38.4 Å². The zero-order chi connectivity index (χ0) is 19.4. The van der Waals surface area contributed by atoms with Crippen molar-refractivity contribution in [2.45, 2.75) is 25.9 Å². The normalized spacial score (nSPS) is 12.2. The molecule has 3 rings (SSSR count). The third kappa shape index (κ3) is 4.71. The number of alkyl halides is 3. The Bertz CT molecular complexity index is 931. The second-order valence-corrected chi connectivity index (χ2v) is 6.95. The largest absolute Gasteiger partial charge is 0.312 e. The number of hydrogen-bond acceptors (Lipinski definition) is 4. The number of rotatable bonds is 6. The van der Waals surface area contributed by atoms with Crippen LogP contribution in [-0.4, -0.2) is 22.3 Å². The maximum Gasteiger partial charge on any atom is 0.273 e. The van der Waals surface area contributed by atoms with Crippen molar-refractivity contribution < 1.29 is 18.0 Å². The van der Waals surface area contributed by atoms with Gasteiger partial charge in [0.05, 0.1) is 10.7 Å². The number of carbonyl (C=O) groups is 1. The second kappa shape index (κ2) is 8.30. The van der Waals surface area contributed by atoms with Gasteiger partial charge in [0.15, 0.2) is 6.17 Å². The Hall–Kier alpha value is -2.74. The summed E-state index contributed by atoms with van der Waals surface area (Å²) in [7, 11) is 0. The predicted octanol–water partition coefficient (Wildman–Crippen LogP) is 4.97. The van der Waals surface area contributed by atoms with E-state index in [0.29, 0.717) is 33.3 Å². The van der Waals surface area contributed by atoms with Gasteiger partial charge >= 0.3 is 0 Å². The quantitative estimate of drug-likeness (QED) is 0.646. The summed E-state index contributed by atoms with van der Waals surface area (Å²) < 4.78 is 38.7. The Balaban J connectivity index is 1.73. The van der Waals surface area contributed by atoms with Crippen LogP contribution in [0.3, 0.4) is 0 Å². The summed E-state index contributed by atoms with van der Waals surface area (Å²) in [5.74, 6) is -0.269. The summed E-state index contributed by atoms with van der Waals surface area (Å²) >= 11 is 1.30. The molecule has 1 aromatic carbocycles. The second-order valence-electron chi connectivity index (χ2n) is 5.87. The predicted molar refractivity (Wildman–Crippen MR) is 98.1 cm³/mol. The zero-order valence-electron chi connectivity index (χ0n) is 14.3. The number of carbonyl (C=O) groups excluding carboxylic acids is 1. The average molecular weight is 391 g/mol. The Labute approximate surface area is 158 Å². The molecule has 2 aromatic heterocycles. The van der Waals surface area contributed by atoms with Crippen molar-refractivity contribution in [1.82, 2.24) is 9.97 Å². The maximum atomic E-state index is 13.5. The van der Waals surface area contributed by atoms with E-state index in [9.17, 15) is 18.0 Å². The molecule has 27 heavy (non-hydrogen) atoms. The van der Waals surface area contributed by atoms with Gasteiger partial charge in [0, 0.05) is 24.4 Å². The first kappa shape index (κ1) is 19.0. The molecule has 0 saturated heterocycles. The number of aryl methyl sites for hydroxylation is 1. The van der Waals surface area contributed by atoms with Crippen molar-refractivity contribution in [3.63, 3.8) is 0 Å². The van der Waals surface area contributed by atoms with E-state index in [2.05, 4.69) is 15.3 Å². The van der Waals surface area contributed by atoms with Crippen LogP contribution >= 0.6 is 11.3 Å². The molecule has 0 fully saturated rings. The number of halogens is 3. The maximum absolute atomic E-state index is 13.5. The number of benzene rings is 1. The summed E-state index contributed by atoms with van der Waals surface area (Å²) in [6.45, 7) is 1.77. The van der Waals surface area contributed by atoms with Crippen LogP contribution in [-0.2, 0) is 6.42 Å². The number of hydrogen-bond donors (Lipinski definition) is 1. The fraction of sp³-hybridized carbons (Fsp3) is 0.211. The van der Waals surface area contributed by atoms with Crippen molar-refractivity contribution in [3.05, 3.63) is 76.2 Å². The fourth-order valence-corrected chi connectivity index (χ4v) is 3.51. The van der Waals surface area contributed by atoms with Gasteiger partial charge in [-0.05, 0) is 30.2 Å². The minimum absolute atomic E-state index is 0.0537. The van der Waals surface area contributed by atoms with Gasteiger partial charge < -0.3 is 5.32 Å². The molecule has 140 valence electrons. The summed E-state index contributed by atoms with van der Waals surface area (Å²) in [5, 5.41) is 4.11. The van der Waals surface area contributed by atoms with Crippen molar-refractivity contribution in [2.24, 2.45) is 0 Å². The minimum Gasteiger partial charge on any atom is -0.312 e. The van der Waals surface area contributed by atoms with Gasteiger partial charge in [-0.3, -0.25) is 9.78 Å². The van der Waals surface area contributed by atoms with Gasteiger partial charge in [0.2, 0.25) is 0 Å². The molecule has 0 spiro atoms. The Kier molecular flexibility index (Phi) is 5.85. The van der Waals surface area contributed by atoms with Gasteiger partial charge in [-0.25, -0.2) is 18.2 Å². The molecule has 1 N–H and O–H groups in total. The molecule has 0 radical (unpaired) electrons. The van der Waals surface area contributed by atoms with Crippen LogP contribution in [0.2, 0.25) is 0 Å². The Morgan fingerprint density at radius 2 is 1.93 bits per heavy atom. The van der Waals surface area contributed by atoms with Gasteiger partial charge in [-0.1, -0.05) is 24.3 Å². The number of nitrogens with one attached hydrogen (secondary N) is 1. The molecule has 0 aliphatic carbocycles. The Morgan fingerprint density at radius 1 is 1.19 bits per heavy atom. The molecule has 0 saturated carbocycles. The topological polar surface area (TPSA) is 54.9 Å². The van der Waals surface area contributed by atoms with E-state index in [1.165, 1.54) is 35.9 Å². The highest BCUT2D eigenvalue weighted by atomic mass is 32.1. The van der Waals surface area contributed by atoms with Crippen molar-refractivity contribution >= 4 is 22.2 Å². The third-order valence-electron chi connectivity index (χ3n) is 3.86. The fourth-order valence-electron chi connectivity index (χ4n) is 2.52. The van der Waals surface area contributed by atoms with Gasteiger partial charge in [-0.2, -0.15) is 0 Å². The lowest BCUT2D eigenvalue weighted by atomic mass is 10.1. The molecule has 3 aromatic rings. The number of pyridine rings is 1. The number of thiazole rings is 1. The molecule has 0 aliphatic rings. The van der Waals surface area contributed by atoms with E-state index < -0.39 is 12.6 Å². The molecule has 0 bridgehead atoms. The van der Waals surface area contributed by atoms with Crippen LogP contribution in [0.4, 0.5) is 18.2 Å². The summed E-state index contributed by atoms with van der Waals surface area (Å²) in [4.78, 5) is 20.5. The van der Waals surface area contributed by atoms with E-state index in [0.717, 1.165) is 0 Å². The highest BCUT2D eigenvalue weighted by molar-refractivity contribution is 7.16. The molecular weight excluding hydrogens is 375 g/mol. The SMILES string of the molecule is Cc1nc(Cc2cccc(C(F)C(F)F)c2)sc1NC(=O)c1ccncc1. The zero-order valence-corrected chi connectivity index (χ0v) is 15.1. The molecule has 1 amide bonds. The van der Waals surface area contributed by atoms with Crippen LogP contribution in [0.5, 0.6) is 0 Å². The molecule has 4 nitrogen and oxygen atoms in total. The van der Waals surface area contributed by atoms with Gasteiger partial charge in [0.25, 0.3) is 12.3 Å². The van der Waals surface area contributed by atoms with Crippen LogP contribution < -0.4 is 5.32 Å². The molecule has 2 heterocycles. The third-order valence-corrected chi connectivity index (χ3v) is 4.93. The highest BCUT2D eigenvalue weighted by Crippen LogP contribution is 2.29. The highest BCUT2D eigenvalue weighted by Gasteiger charge is 2.21. The first-order valence-corrected chi connectivity index (χ1v) is 8.94. The molecule has 1 unspecified atom stereocenters. The lowest BCUT2D eigenvalue weighted by Crippen LogP contribution is -2.11. The molecule has 8 heteroatoms. The lowest BCUT2D eigenvalue weighted by Gasteiger charge is -2.08. The monoisotopic (exact) mass is 391 g/mol. The number of amides is 1. The van der Waals surface area contributed by atoms with Crippen LogP contribution in [0.25, 0.3) is 0 Å². The van der Waals surface area contributed by atoms with E-state index in [1.807, 2.05) is 0 Å². The van der Waals surface area contributed by atoms with Crippen LogP contribution in [0, 0.1) is 6.92 Å². The van der Waals surface area contributed by atoms with E-state index in [1.54, 1.807) is 31.2 Å². The first-order chi connectivity index (χ1) is 12.9. The lowest BCUT2D eigenvalue weighted by molar-refractivity contribution is 0.0495. The van der Waals surface area contributed by atoms with Crippen molar-refractivity contribution in [3.8, 4) is 0 Å². The summed E-state index contributed by atoms with van der Waals surface area (Å²) in [6, 6.07) is 9.25. The minimum atomic E-state index is -3.06. The number of nitrogens with zero attached hydrogens (tertiary/aromatic N) is 2. The molecule has 1 atom stereocenters. The Morgan fingerprint density at radius 3 is 2.63 bits per heavy atom. The number of anilines is 1. The molecule has 0 aliphatic heterocycles. The summed E-state index contributed by atoms with van der Waals surface area (Å²) in [6.07, 6.45) is -1.94. The standard InChI is InChI=1S/C19H16F3N3OS/c1-11-19(25-18(26)13-5-7-23-8-6-13)27-15(24-11)10-12-3-2-4-14(9-12)16(20)17(21)22/h2-9,16-17H,10H2,1H3,(H,25,26). The van der Waals surface area contributed by atoms with Crippen molar-refractivity contribution in [2.75, 3.05) is 5.32 Å². The van der Waals surface area contributed by atoms with Gasteiger partial charge in [0.1, 0.15) is 5.00 Å². The molecular formula is C19H16F3N3OS. The van der Waals surface area contributed by atoms with E-state index in [4.69, 9.17) is 0 Å². The van der Waals surface area contributed by atoms with E-state index >= 15 is 0 Å². The first-order valence-electron chi connectivity index (χ1n) is 8.13.